The van der Waals surface area contributed by atoms with Crippen molar-refractivity contribution in [3.8, 4) is 5.75 Å². The first kappa shape index (κ1) is 38.1. The Labute approximate surface area is 298 Å². The second-order valence-electron chi connectivity index (χ2n) is 16.1. The molecule has 0 spiro atoms. The number of ether oxygens (including phenoxy) is 4. The maximum atomic E-state index is 14.3. The van der Waals surface area contributed by atoms with Crippen molar-refractivity contribution in [3.63, 3.8) is 0 Å². The van der Waals surface area contributed by atoms with E-state index in [2.05, 4.69) is 4.90 Å². The molecule has 4 aliphatic rings. The van der Waals surface area contributed by atoms with Crippen LogP contribution in [0.15, 0.2) is 18.2 Å². The normalized spacial score (nSPS) is 25.1. The minimum atomic E-state index is -0.996. The lowest BCUT2D eigenvalue weighted by Crippen LogP contribution is -2.53. The SMILES string of the molecule is CCO[C@@H]1CCCC[C@H]1CC(=O)[C@H]1C[C@@H](C(=O)CN(c2ccc3c(c2)N(CCCOC)C(=O)C(C)(C)O3)C2CC2)CN(C(=O)OC(C)(C)C)C1. The molecule has 0 aromatic heterocycles. The molecule has 2 aliphatic heterocycles. The van der Waals surface area contributed by atoms with E-state index in [0.29, 0.717) is 50.5 Å². The van der Waals surface area contributed by atoms with Crippen molar-refractivity contribution in [2.75, 3.05) is 56.3 Å². The van der Waals surface area contributed by atoms with Crippen LogP contribution in [0.3, 0.4) is 0 Å². The van der Waals surface area contributed by atoms with Gasteiger partial charge in [-0.25, -0.2) is 4.79 Å². The summed E-state index contributed by atoms with van der Waals surface area (Å²) >= 11 is 0. The molecule has 2 saturated carbocycles. The van der Waals surface area contributed by atoms with Gasteiger partial charge in [0, 0.05) is 69.9 Å². The second kappa shape index (κ2) is 16.0. The number of rotatable bonds is 14. The Balaban J connectivity index is 1.36. The number of carbonyl (C=O) groups is 4. The molecular weight excluding hydrogens is 638 g/mol. The Kier molecular flexibility index (Phi) is 12.2. The lowest BCUT2D eigenvalue weighted by molar-refractivity contribution is -0.133. The Morgan fingerprint density at radius 1 is 1.02 bits per heavy atom. The first-order valence-electron chi connectivity index (χ1n) is 18.8. The van der Waals surface area contributed by atoms with Crippen molar-refractivity contribution in [2.24, 2.45) is 17.8 Å². The second-order valence-corrected chi connectivity index (χ2v) is 16.1. The molecule has 2 amide bonds. The van der Waals surface area contributed by atoms with Gasteiger partial charge in [0.15, 0.2) is 11.4 Å². The molecule has 50 heavy (non-hydrogen) atoms. The number of carbonyl (C=O) groups excluding carboxylic acids is 4. The number of nitrogens with zero attached hydrogens (tertiary/aromatic N) is 3. The summed E-state index contributed by atoms with van der Waals surface area (Å²) in [5, 5.41) is 0. The minimum absolute atomic E-state index is 0.00375. The summed E-state index contributed by atoms with van der Waals surface area (Å²) in [4.78, 5) is 60.5. The van der Waals surface area contributed by atoms with Gasteiger partial charge < -0.3 is 33.6 Å². The van der Waals surface area contributed by atoms with Crippen LogP contribution in [0.25, 0.3) is 0 Å². The molecule has 5 rings (SSSR count). The maximum Gasteiger partial charge on any atom is 0.410 e. The number of hydrogen-bond acceptors (Lipinski definition) is 9. The summed E-state index contributed by atoms with van der Waals surface area (Å²) in [7, 11) is 1.65. The highest BCUT2D eigenvalue weighted by molar-refractivity contribution is 6.03. The highest BCUT2D eigenvalue weighted by Crippen LogP contribution is 2.42. The predicted octanol–water partition coefficient (Wildman–Crippen LogP) is 6.19. The summed E-state index contributed by atoms with van der Waals surface area (Å²) in [6, 6.07) is 6.01. The average Bonchev–Trinajstić information content (AvgIpc) is 3.91. The van der Waals surface area contributed by atoms with Crippen LogP contribution in [-0.4, -0.2) is 98.3 Å². The molecule has 11 heteroatoms. The monoisotopic (exact) mass is 697 g/mol. The minimum Gasteiger partial charge on any atom is -0.476 e. The fourth-order valence-corrected chi connectivity index (χ4v) is 7.74. The Hall–Kier alpha value is -3.18. The van der Waals surface area contributed by atoms with E-state index in [-0.39, 0.29) is 55.2 Å². The number of fused-ring (bicyclic) bond motifs is 1. The highest BCUT2D eigenvalue weighted by Gasteiger charge is 2.43. The average molecular weight is 698 g/mol. The number of hydrogen-bond donors (Lipinski definition) is 0. The summed E-state index contributed by atoms with van der Waals surface area (Å²) in [5.41, 5.74) is -0.163. The molecule has 0 bridgehead atoms. The molecule has 0 unspecified atom stereocenters. The fourth-order valence-electron chi connectivity index (χ4n) is 7.74. The standard InChI is InChI=1S/C39H59N3O8/c1-8-48-34-13-10-9-12-26(34)21-32(43)27-20-28(24-40(23-27)37(46)50-38(2,3)4)33(44)25-42(29-14-15-29)30-16-17-35-31(22-30)41(18-11-19-47-7)36(45)39(5,6)49-35/h16-17,22,26-29,34H,8-15,18-21,23-25H2,1-7H3/t26-,27-,28+,34+/m0/s1. The maximum absolute atomic E-state index is 14.3. The zero-order chi connectivity index (χ0) is 36.2. The molecule has 1 saturated heterocycles. The van der Waals surface area contributed by atoms with Crippen molar-refractivity contribution in [1.29, 1.82) is 0 Å². The van der Waals surface area contributed by atoms with Crippen LogP contribution < -0.4 is 14.5 Å². The van der Waals surface area contributed by atoms with Crippen LogP contribution in [0, 0.1) is 17.8 Å². The van der Waals surface area contributed by atoms with Gasteiger partial charge in [-0.2, -0.15) is 0 Å². The van der Waals surface area contributed by atoms with Crippen molar-refractivity contribution in [1.82, 2.24) is 4.90 Å². The molecule has 0 radical (unpaired) electrons. The zero-order valence-electron chi connectivity index (χ0n) is 31.3. The van der Waals surface area contributed by atoms with Crippen LogP contribution in [-0.2, 0) is 28.6 Å². The molecule has 4 atom stereocenters. The van der Waals surface area contributed by atoms with E-state index < -0.39 is 29.1 Å². The Morgan fingerprint density at radius 3 is 2.38 bits per heavy atom. The third-order valence-electron chi connectivity index (χ3n) is 10.4. The lowest BCUT2D eigenvalue weighted by Gasteiger charge is -2.40. The van der Waals surface area contributed by atoms with Crippen molar-refractivity contribution < 1.29 is 38.1 Å². The number of methoxy groups -OCH3 is 1. The van der Waals surface area contributed by atoms with Crippen molar-refractivity contribution >= 4 is 34.9 Å². The van der Waals surface area contributed by atoms with E-state index in [9.17, 15) is 19.2 Å². The summed E-state index contributed by atoms with van der Waals surface area (Å²) in [6.07, 6.45) is 7.11. The summed E-state index contributed by atoms with van der Waals surface area (Å²) < 4.78 is 23.1. The quantitative estimate of drug-likeness (QED) is 0.210. The first-order chi connectivity index (χ1) is 23.7. The van der Waals surface area contributed by atoms with Gasteiger partial charge in [0.25, 0.3) is 5.91 Å². The molecule has 278 valence electrons. The first-order valence-corrected chi connectivity index (χ1v) is 18.8. The Morgan fingerprint density at radius 2 is 1.72 bits per heavy atom. The Bertz CT molecular complexity index is 1380. The predicted molar refractivity (Wildman–Crippen MR) is 192 cm³/mol. The van der Waals surface area contributed by atoms with Crippen LogP contribution in [0.5, 0.6) is 5.75 Å². The molecular formula is C39H59N3O8. The number of benzene rings is 1. The van der Waals surface area contributed by atoms with E-state index >= 15 is 0 Å². The molecule has 3 fully saturated rings. The molecule has 0 N–H and O–H groups in total. The van der Waals surface area contributed by atoms with Crippen LogP contribution in [0.2, 0.25) is 0 Å². The van der Waals surface area contributed by atoms with E-state index in [1.54, 1.807) is 30.8 Å². The van der Waals surface area contributed by atoms with Gasteiger partial charge in [-0.1, -0.05) is 12.8 Å². The zero-order valence-corrected chi connectivity index (χ0v) is 31.3. The summed E-state index contributed by atoms with van der Waals surface area (Å²) in [5.74, 6) is -0.183. The number of likely N-dealkylation sites (tertiary alicyclic amines) is 1. The van der Waals surface area contributed by atoms with Gasteiger partial charge >= 0.3 is 6.09 Å². The third-order valence-corrected chi connectivity index (χ3v) is 10.4. The number of Topliss-reactive ketones (excluding diaryl/α,β-unsaturated/α-hetero) is 2. The molecule has 2 aliphatic carbocycles. The van der Waals surface area contributed by atoms with E-state index in [0.717, 1.165) is 44.2 Å². The molecule has 1 aromatic rings. The highest BCUT2D eigenvalue weighted by atomic mass is 16.6. The molecule has 11 nitrogen and oxygen atoms in total. The number of piperidine rings is 1. The van der Waals surface area contributed by atoms with Gasteiger partial charge in [-0.05, 0) is 104 Å². The topological polar surface area (TPSA) is 115 Å². The largest absolute Gasteiger partial charge is 0.476 e. The van der Waals surface area contributed by atoms with E-state index in [1.165, 1.54) is 0 Å². The molecule has 1 aromatic carbocycles. The van der Waals surface area contributed by atoms with Gasteiger partial charge in [-0.3, -0.25) is 14.4 Å². The smallest absolute Gasteiger partial charge is 0.410 e. The van der Waals surface area contributed by atoms with Gasteiger partial charge in [-0.15, -0.1) is 0 Å². The number of ketones is 2. The molecule has 2 heterocycles. The lowest BCUT2D eigenvalue weighted by atomic mass is 9.78. The van der Waals surface area contributed by atoms with Crippen molar-refractivity contribution in [2.45, 2.75) is 123 Å². The van der Waals surface area contributed by atoms with Gasteiger partial charge in [0.05, 0.1) is 18.3 Å². The van der Waals surface area contributed by atoms with E-state index in [4.69, 9.17) is 18.9 Å². The third kappa shape index (κ3) is 9.37. The van der Waals surface area contributed by atoms with Gasteiger partial charge in [0.1, 0.15) is 17.1 Å². The van der Waals surface area contributed by atoms with Crippen LogP contribution >= 0.6 is 0 Å². The van der Waals surface area contributed by atoms with Crippen molar-refractivity contribution in [3.05, 3.63) is 18.2 Å². The number of anilines is 2. The van der Waals surface area contributed by atoms with Crippen LogP contribution in [0.4, 0.5) is 16.2 Å². The van der Waals surface area contributed by atoms with Gasteiger partial charge in [0.2, 0.25) is 0 Å². The van der Waals surface area contributed by atoms with E-state index in [1.807, 2.05) is 45.9 Å². The van der Waals surface area contributed by atoms with Crippen LogP contribution in [0.1, 0.15) is 99.3 Å². The number of amides is 2. The fraction of sp³-hybridized carbons (Fsp3) is 0.744. The summed E-state index contributed by atoms with van der Waals surface area (Å²) in [6.45, 7) is 13.3.